The summed E-state index contributed by atoms with van der Waals surface area (Å²) in [5.74, 6) is -0.238. The van der Waals surface area contributed by atoms with Crippen LogP contribution in [0.1, 0.15) is 0 Å². The smallest absolute Gasteiger partial charge is 0.227 e. The van der Waals surface area contributed by atoms with Gasteiger partial charge in [0.25, 0.3) is 0 Å². The van der Waals surface area contributed by atoms with E-state index in [1.54, 1.807) is 6.20 Å². The van der Waals surface area contributed by atoms with Gasteiger partial charge in [0.1, 0.15) is 5.69 Å². The van der Waals surface area contributed by atoms with Gasteiger partial charge >= 0.3 is 0 Å². The highest BCUT2D eigenvalue weighted by Gasteiger charge is 2.03. The summed E-state index contributed by atoms with van der Waals surface area (Å²) in [6.07, 6.45) is 1.63. The van der Waals surface area contributed by atoms with E-state index in [-0.39, 0.29) is 5.75 Å². The van der Waals surface area contributed by atoms with Gasteiger partial charge < -0.3 is 5.73 Å². The van der Waals surface area contributed by atoms with Gasteiger partial charge in [0.05, 0.1) is 11.9 Å². The van der Waals surface area contributed by atoms with Gasteiger partial charge in [-0.1, -0.05) is 42.1 Å². The lowest BCUT2D eigenvalue weighted by atomic mass is 10.2. The van der Waals surface area contributed by atoms with Crippen molar-refractivity contribution in [3.05, 3.63) is 36.5 Å². The lowest BCUT2D eigenvalue weighted by molar-refractivity contribution is -0.115. The zero-order valence-corrected chi connectivity index (χ0v) is 9.72. The molecule has 0 spiro atoms. The zero-order valence-electron chi connectivity index (χ0n) is 8.91. The van der Waals surface area contributed by atoms with Crippen LogP contribution in [0.2, 0.25) is 0 Å². The number of nitrogens with two attached hydrogens (primary N) is 1. The van der Waals surface area contributed by atoms with Crippen molar-refractivity contribution < 1.29 is 4.79 Å². The molecule has 0 aliphatic rings. The van der Waals surface area contributed by atoms with Crippen LogP contribution in [0.4, 0.5) is 0 Å². The van der Waals surface area contributed by atoms with E-state index >= 15 is 0 Å². The van der Waals surface area contributed by atoms with E-state index in [1.165, 1.54) is 11.8 Å². The lowest BCUT2D eigenvalue weighted by Crippen LogP contribution is -2.13. The largest absolute Gasteiger partial charge is 0.369 e. The van der Waals surface area contributed by atoms with Crippen molar-refractivity contribution in [2.45, 2.75) is 5.16 Å². The van der Waals surface area contributed by atoms with Crippen LogP contribution < -0.4 is 5.73 Å². The maximum Gasteiger partial charge on any atom is 0.227 e. The monoisotopic (exact) mass is 246 g/mol. The van der Waals surface area contributed by atoms with Crippen LogP contribution in [0.25, 0.3) is 11.3 Å². The standard InChI is InChI=1S/C11H10N4OS/c12-10(16)7-17-11-13-6-9(14-15-11)8-4-2-1-3-5-8/h1-6H,7H2,(H2,12,16). The van der Waals surface area contributed by atoms with Gasteiger partial charge in [0.15, 0.2) is 0 Å². The van der Waals surface area contributed by atoms with Gasteiger partial charge in [-0.2, -0.15) is 0 Å². The summed E-state index contributed by atoms with van der Waals surface area (Å²) in [4.78, 5) is 14.7. The van der Waals surface area contributed by atoms with Gasteiger partial charge in [-0.25, -0.2) is 4.98 Å². The predicted molar refractivity (Wildman–Crippen MR) is 65.2 cm³/mol. The molecule has 0 atom stereocenters. The molecular weight excluding hydrogens is 236 g/mol. The molecule has 1 amide bonds. The Labute approximate surface area is 102 Å². The third-order valence-corrected chi connectivity index (χ3v) is 2.83. The van der Waals surface area contributed by atoms with Crippen molar-refractivity contribution >= 4 is 17.7 Å². The SMILES string of the molecule is NC(=O)CSc1ncc(-c2ccccc2)nn1. The van der Waals surface area contributed by atoms with Crippen molar-refractivity contribution in [2.24, 2.45) is 5.73 Å². The predicted octanol–water partition coefficient (Wildman–Crippen LogP) is 1.12. The van der Waals surface area contributed by atoms with Crippen molar-refractivity contribution in [3.63, 3.8) is 0 Å². The van der Waals surface area contributed by atoms with E-state index in [0.717, 1.165) is 5.56 Å². The topological polar surface area (TPSA) is 81.8 Å². The van der Waals surface area contributed by atoms with Crippen molar-refractivity contribution in [3.8, 4) is 11.3 Å². The summed E-state index contributed by atoms with van der Waals surface area (Å²) in [5.41, 5.74) is 6.69. The van der Waals surface area contributed by atoms with E-state index in [1.807, 2.05) is 30.3 Å². The minimum absolute atomic E-state index is 0.159. The molecule has 1 heterocycles. The average molecular weight is 246 g/mol. The van der Waals surface area contributed by atoms with Crippen LogP contribution in [0, 0.1) is 0 Å². The maximum atomic E-state index is 10.6. The molecule has 0 bridgehead atoms. The third-order valence-electron chi connectivity index (χ3n) is 1.95. The Hall–Kier alpha value is -1.95. The van der Waals surface area contributed by atoms with Crippen LogP contribution in [0.5, 0.6) is 0 Å². The molecule has 1 aromatic heterocycles. The van der Waals surface area contributed by atoms with Crippen molar-refractivity contribution in [1.82, 2.24) is 15.2 Å². The van der Waals surface area contributed by atoms with E-state index in [9.17, 15) is 4.79 Å². The number of nitrogens with zero attached hydrogens (tertiary/aromatic N) is 3. The number of hydrogen-bond acceptors (Lipinski definition) is 5. The number of amides is 1. The quantitative estimate of drug-likeness (QED) is 0.817. The number of benzene rings is 1. The van der Waals surface area contributed by atoms with Gasteiger partial charge in [0, 0.05) is 5.56 Å². The zero-order chi connectivity index (χ0) is 12.1. The van der Waals surface area contributed by atoms with Crippen LogP contribution >= 0.6 is 11.8 Å². The first-order chi connectivity index (χ1) is 8.25. The Morgan fingerprint density at radius 3 is 2.59 bits per heavy atom. The van der Waals surface area contributed by atoms with Crippen molar-refractivity contribution in [2.75, 3.05) is 5.75 Å². The second kappa shape index (κ2) is 5.40. The summed E-state index contributed by atoms with van der Waals surface area (Å²) in [6, 6.07) is 9.64. The fourth-order valence-electron chi connectivity index (χ4n) is 1.21. The van der Waals surface area contributed by atoms with Crippen LogP contribution in [-0.4, -0.2) is 26.8 Å². The molecule has 6 heteroatoms. The molecule has 2 N–H and O–H groups in total. The Balaban J connectivity index is 2.11. The van der Waals surface area contributed by atoms with Gasteiger partial charge in [0.2, 0.25) is 11.1 Å². The number of carbonyl (C=O) groups is 1. The first kappa shape index (κ1) is 11.5. The molecular formula is C11H10N4OS. The van der Waals surface area contributed by atoms with Gasteiger partial charge in [-0.15, -0.1) is 10.2 Å². The Kier molecular flexibility index (Phi) is 3.66. The Morgan fingerprint density at radius 2 is 2.00 bits per heavy atom. The normalized spacial score (nSPS) is 10.1. The first-order valence-electron chi connectivity index (χ1n) is 4.92. The minimum atomic E-state index is -0.397. The van der Waals surface area contributed by atoms with Gasteiger partial charge in [-0.3, -0.25) is 4.79 Å². The van der Waals surface area contributed by atoms with E-state index < -0.39 is 5.91 Å². The number of carbonyl (C=O) groups excluding carboxylic acids is 1. The molecule has 2 aromatic rings. The third kappa shape index (κ3) is 3.25. The fraction of sp³-hybridized carbons (Fsp3) is 0.0909. The molecule has 0 saturated heterocycles. The molecule has 0 aliphatic carbocycles. The molecule has 17 heavy (non-hydrogen) atoms. The average Bonchev–Trinajstić information content (AvgIpc) is 2.38. The van der Waals surface area contributed by atoms with Gasteiger partial charge in [-0.05, 0) is 0 Å². The molecule has 0 aliphatic heterocycles. The molecule has 0 saturated carbocycles. The van der Waals surface area contributed by atoms with Crippen LogP contribution in [0.15, 0.2) is 41.7 Å². The van der Waals surface area contributed by atoms with Crippen LogP contribution in [0.3, 0.4) is 0 Å². The lowest BCUT2D eigenvalue weighted by Gasteiger charge is -2.00. The molecule has 1 aromatic carbocycles. The van der Waals surface area contributed by atoms with Crippen molar-refractivity contribution in [1.29, 1.82) is 0 Å². The number of primary amides is 1. The molecule has 2 rings (SSSR count). The maximum absolute atomic E-state index is 10.6. The second-order valence-corrected chi connectivity index (χ2v) is 4.19. The van der Waals surface area contributed by atoms with Crippen LogP contribution in [-0.2, 0) is 4.79 Å². The highest BCUT2D eigenvalue weighted by atomic mass is 32.2. The fourth-order valence-corrected chi connectivity index (χ4v) is 1.70. The minimum Gasteiger partial charge on any atom is -0.369 e. The summed E-state index contributed by atoms with van der Waals surface area (Å²) in [5, 5.41) is 8.41. The summed E-state index contributed by atoms with van der Waals surface area (Å²) >= 11 is 1.17. The molecule has 0 fully saturated rings. The van der Waals surface area contributed by atoms with E-state index in [4.69, 9.17) is 5.73 Å². The summed E-state index contributed by atoms with van der Waals surface area (Å²) in [6.45, 7) is 0. The number of hydrogen-bond donors (Lipinski definition) is 1. The number of thioether (sulfide) groups is 1. The number of rotatable bonds is 4. The second-order valence-electron chi connectivity index (χ2n) is 3.25. The molecule has 0 unspecified atom stereocenters. The van der Waals surface area contributed by atoms with E-state index in [0.29, 0.717) is 10.9 Å². The highest BCUT2D eigenvalue weighted by Crippen LogP contribution is 2.16. The Bertz CT molecular complexity index is 501. The molecule has 5 nitrogen and oxygen atoms in total. The van der Waals surface area contributed by atoms with E-state index in [2.05, 4.69) is 15.2 Å². The summed E-state index contributed by atoms with van der Waals surface area (Å²) < 4.78 is 0. The summed E-state index contributed by atoms with van der Waals surface area (Å²) in [7, 11) is 0. The first-order valence-corrected chi connectivity index (χ1v) is 5.90. The molecule has 86 valence electrons. The Morgan fingerprint density at radius 1 is 1.24 bits per heavy atom. The number of aromatic nitrogens is 3. The highest BCUT2D eigenvalue weighted by molar-refractivity contribution is 7.99. The molecule has 0 radical (unpaired) electrons.